The molecule has 0 radical (unpaired) electrons. The summed E-state index contributed by atoms with van der Waals surface area (Å²) >= 11 is 11.9. The number of carbonyl (C=O) groups excluding carboxylic acids is 1. The van der Waals surface area contributed by atoms with Crippen molar-refractivity contribution < 1.29 is 4.79 Å². The van der Waals surface area contributed by atoms with Gasteiger partial charge >= 0.3 is 6.03 Å². The van der Waals surface area contributed by atoms with Gasteiger partial charge in [0.05, 0.1) is 0 Å². The molecule has 1 aliphatic rings. The number of primary amides is 1. The minimum absolute atomic E-state index is 0.347. The van der Waals surface area contributed by atoms with Gasteiger partial charge in [-0.15, -0.1) is 0 Å². The average Bonchev–Trinajstić information content (AvgIpc) is 2.28. The first-order chi connectivity index (χ1) is 8.54. The Morgan fingerprint density at radius 2 is 1.67 bits per heavy atom. The molecule has 6 heteroatoms. The van der Waals surface area contributed by atoms with Crippen LogP contribution in [0.1, 0.15) is 5.56 Å². The standard InChI is InChI=1S/C12H15Cl2N3O/c13-10-5-9(6-11(14)7-10)8-16-1-3-17(4-2-16)12(15)18/h5-7H,1-4,8H2,(H2,15,18). The molecule has 0 aromatic heterocycles. The Labute approximate surface area is 116 Å². The molecule has 0 aliphatic carbocycles. The van der Waals surface area contributed by atoms with Crippen LogP contribution in [-0.4, -0.2) is 42.0 Å². The molecule has 18 heavy (non-hydrogen) atoms. The van der Waals surface area contributed by atoms with Crippen LogP contribution in [0.3, 0.4) is 0 Å². The first-order valence-corrected chi connectivity index (χ1v) is 6.52. The molecule has 1 heterocycles. The fraction of sp³-hybridized carbons (Fsp3) is 0.417. The van der Waals surface area contributed by atoms with Gasteiger partial charge in [-0.2, -0.15) is 0 Å². The monoisotopic (exact) mass is 287 g/mol. The van der Waals surface area contributed by atoms with Gasteiger partial charge in [0.15, 0.2) is 0 Å². The van der Waals surface area contributed by atoms with E-state index in [2.05, 4.69) is 4.90 Å². The van der Waals surface area contributed by atoms with Crippen LogP contribution in [-0.2, 0) is 6.54 Å². The maximum atomic E-state index is 11.0. The summed E-state index contributed by atoms with van der Waals surface area (Å²) in [5, 5.41) is 1.29. The van der Waals surface area contributed by atoms with E-state index in [1.54, 1.807) is 11.0 Å². The zero-order valence-electron chi connectivity index (χ0n) is 9.90. The number of hydrogen-bond donors (Lipinski definition) is 1. The van der Waals surface area contributed by atoms with E-state index in [9.17, 15) is 4.79 Å². The second-order valence-corrected chi connectivity index (χ2v) is 5.25. The summed E-state index contributed by atoms with van der Waals surface area (Å²) in [4.78, 5) is 14.9. The van der Waals surface area contributed by atoms with Gasteiger partial charge in [-0.05, 0) is 23.8 Å². The van der Waals surface area contributed by atoms with Gasteiger partial charge in [-0.3, -0.25) is 4.90 Å². The molecule has 0 bridgehead atoms. The van der Waals surface area contributed by atoms with E-state index < -0.39 is 0 Å². The summed E-state index contributed by atoms with van der Waals surface area (Å²) in [6.07, 6.45) is 0. The molecule has 2 rings (SSSR count). The Morgan fingerprint density at radius 3 is 2.17 bits per heavy atom. The summed E-state index contributed by atoms with van der Waals surface area (Å²) in [6.45, 7) is 3.75. The van der Waals surface area contributed by atoms with Gasteiger partial charge < -0.3 is 10.6 Å². The van der Waals surface area contributed by atoms with Crippen LogP contribution in [0.4, 0.5) is 4.79 Å². The van der Waals surface area contributed by atoms with Gasteiger partial charge in [0.25, 0.3) is 0 Å². The highest BCUT2D eigenvalue weighted by Crippen LogP contribution is 2.20. The molecule has 1 aromatic carbocycles. The second-order valence-electron chi connectivity index (χ2n) is 4.38. The first kappa shape index (κ1) is 13.5. The van der Waals surface area contributed by atoms with Crippen molar-refractivity contribution in [1.29, 1.82) is 0 Å². The number of halogens is 2. The van der Waals surface area contributed by atoms with Crippen LogP contribution in [0.2, 0.25) is 10.0 Å². The lowest BCUT2D eigenvalue weighted by Gasteiger charge is -2.33. The molecule has 4 nitrogen and oxygen atoms in total. The van der Waals surface area contributed by atoms with Crippen LogP contribution < -0.4 is 5.73 Å². The van der Waals surface area contributed by atoms with Crippen molar-refractivity contribution in [3.05, 3.63) is 33.8 Å². The van der Waals surface area contributed by atoms with Crippen LogP contribution in [0, 0.1) is 0 Å². The zero-order valence-corrected chi connectivity index (χ0v) is 11.4. The Morgan fingerprint density at radius 1 is 1.11 bits per heavy atom. The van der Waals surface area contributed by atoms with Crippen LogP contribution in [0.5, 0.6) is 0 Å². The number of hydrogen-bond acceptors (Lipinski definition) is 2. The van der Waals surface area contributed by atoms with E-state index in [0.717, 1.165) is 25.2 Å². The lowest BCUT2D eigenvalue weighted by Crippen LogP contribution is -2.50. The first-order valence-electron chi connectivity index (χ1n) is 5.76. The third-order valence-corrected chi connectivity index (χ3v) is 3.45. The molecule has 0 unspecified atom stereocenters. The van der Waals surface area contributed by atoms with Gasteiger partial charge in [-0.1, -0.05) is 23.2 Å². The number of rotatable bonds is 2. The van der Waals surface area contributed by atoms with Gasteiger partial charge in [0.1, 0.15) is 0 Å². The van der Waals surface area contributed by atoms with Gasteiger partial charge in [-0.25, -0.2) is 4.79 Å². The molecule has 2 amide bonds. The fourth-order valence-corrected chi connectivity index (χ4v) is 2.66. The minimum Gasteiger partial charge on any atom is -0.351 e. The third-order valence-electron chi connectivity index (χ3n) is 3.01. The molecule has 2 N–H and O–H groups in total. The van der Waals surface area contributed by atoms with Crippen molar-refractivity contribution >= 4 is 29.2 Å². The Kier molecular flexibility index (Phi) is 4.32. The summed E-state index contributed by atoms with van der Waals surface area (Å²) in [5.41, 5.74) is 6.32. The Hall–Kier alpha value is -0.970. The number of urea groups is 1. The predicted molar refractivity (Wildman–Crippen MR) is 72.9 cm³/mol. The molecule has 1 aromatic rings. The molecule has 0 saturated carbocycles. The second kappa shape index (κ2) is 5.78. The van der Waals surface area contributed by atoms with Crippen molar-refractivity contribution in [2.75, 3.05) is 26.2 Å². The summed E-state index contributed by atoms with van der Waals surface area (Å²) in [6, 6.07) is 5.19. The molecule has 1 fully saturated rings. The number of carbonyl (C=O) groups is 1. The maximum absolute atomic E-state index is 11.0. The van der Waals surface area contributed by atoms with Crippen molar-refractivity contribution in [1.82, 2.24) is 9.80 Å². The van der Waals surface area contributed by atoms with Crippen LogP contribution >= 0.6 is 23.2 Å². The van der Waals surface area contributed by atoms with Gasteiger partial charge in [0.2, 0.25) is 0 Å². The number of piperazine rings is 1. The highest BCUT2D eigenvalue weighted by molar-refractivity contribution is 6.34. The molecular weight excluding hydrogens is 273 g/mol. The SMILES string of the molecule is NC(=O)N1CCN(Cc2cc(Cl)cc(Cl)c2)CC1. The molecule has 1 aliphatic heterocycles. The van der Waals surface area contributed by atoms with Crippen molar-refractivity contribution in [2.24, 2.45) is 5.73 Å². The number of benzene rings is 1. The lowest BCUT2D eigenvalue weighted by atomic mass is 10.2. The highest BCUT2D eigenvalue weighted by Gasteiger charge is 2.19. The number of nitrogens with zero attached hydrogens (tertiary/aromatic N) is 2. The van der Waals surface area contributed by atoms with E-state index in [0.29, 0.717) is 23.1 Å². The minimum atomic E-state index is -0.347. The van der Waals surface area contributed by atoms with E-state index >= 15 is 0 Å². The van der Waals surface area contributed by atoms with E-state index in [4.69, 9.17) is 28.9 Å². The van der Waals surface area contributed by atoms with Crippen LogP contribution in [0.15, 0.2) is 18.2 Å². The molecule has 0 atom stereocenters. The van der Waals surface area contributed by atoms with Gasteiger partial charge in [0, 0.05) is 42.8 Å². The summed E-state index contributed by atoms with van der Waals surface area (Å²) in [5.74, 6) is 0. The topological polar surface area (TPSA) is 49.6 Å². The Balaban J connectivity index is 1.93. The molecule has 98 valence electrons. The molecular formula is C12H15Cl2N3O. The quantitative estimate of drug-likeness (QED) is 0.907. The summed E-state index contributed by atoms with van der Waals surface area (Å²) in [7, 11) is 0. The Bertz CT molecular complexity index is 425. The highest BCUT2D eigenvalue weighted by atomic mass is 35.5. The molecule has 0 spiro atoms. The lowest BCUT2D eigenvalue weighted by molar-refractivity contribution is 0.140. The van der Waals surface area contributed by atoms with Crippen molar-refractivity contribution in [2.45, 2.75) is 6.54 Å². The number of amides is 2. The average molecular weight is 288 g/mol. The zero-order chi connectivity index (χ0) is 13.1. The van der Waals surface area contributed by atoms with Crippen LogP contribution in [0.25, 0.3) is 0 Å². The number of nitrogens with two attached hydrogens (primary N) is 1. The van der Waals surface area contributed by atoms with Crippen molar-refractivity contribution in [3.63, 3.8) is 0 Å². The van der Waals surface area contributed by atoms with E-state index in [1.165, 1.54) is 0 Å². The smallest absolute Gasteiger partial charge is 0.314 e. The predicted octanol–water partition coefficient (Wildman–Crippen LogP) is 2.19. The van der Waals surface area contributed by atoms with E-state index in [-0.39, 0.29) is 6.03 Å². The fourth-order valence-electron chi connectivity index (χ4n) is 2.09. The largest absolute Gasteiger partial charge is 0.351 e. The summed E-state index contributed by atoms with van der Waals surface area (Å²) < 4.78 is 0. The maximum Gasteiger partial charge on any atom is 0.314 e. The molecule has 1 saturated heterocycles. The van der Waals surface area contributed by atoms with Crippen molar-refractivity contribution in [3.8, 4) is 0 Å². The van der Waals surface area contributed by atoms with E-state index in [1.807, 2.05) is 12.1 Å². The normalized spacial score (nSPS) is 16.9. The third kappa shape index (κ3) is 3.51.